The van der Waals surface area contributed by atoms with E-state index in [1.807, 2.05) is 74.5 Å². The van der Waals surface area contributed by atoms with Crippen molar-refractivity contribution in [3.8, 4) is 44.5 Å². The Hall–Kier alpha value is -7.36. The van der Waals surface area contributed by atoms with Gasteiger partial charge in [-0.15, -0.1) is 0 Å². The highest BCUT2D eigenvalue weighted by Crippen LogP contribution is 2.52. The molecule has 0 unspecified atom stereocenters. The highest BCUT2D eigenvalue weighted by atomic mass is 32.2. The zero-order valence-electron chi connectivity index (χ0n) is 45.8. The van der Waals surface area contributed by atoms with Crippen molar-refractivity contribution >= 4 is 52.4 Å². The summed E-state index contributed by atoms with van der Waals surface area (Å²) in [5, 5.41) is 6.08. The summed E-state index contributed by atoms with van der Waals surface area (Å²) in [5.41, 5.74) is 16.7. The predicted molar refractivity (Wildman–Crippen MR) is 319 cm³/mol. The Kier molecular flexibility index (Phi) is 14.4. The molecule has 12 rings (SSSR count). The van der Waals surface area contributed by atoms with Crippen LogP contribution in [0.4, 0.5) is 0 Å². The van der Waals surface area contributed by atoms with Gasteiger partial charge >= 0.3 is 0 Å². The molecule has 2 aliphatic heterocycles. The van der Waals surface area contributed by atoms with Gasteiger partial charge in [-0.05, 0) is 159 Å². The first-order valence-electron chi connectivity index (χ1n) is 26.8. The summed E-state index contributed by atoms with van der Waals surface area (Å²) >= 11 is 0. The van der Waals surface area contributed by atoms with Gasteiger partial charge in [-0.3, -0.25) is 0 Å². The summed E-state index contributed by atoms with van der Waals surface area (Å²) in [6.07, 6.45) is 0. The van der Waals surface area contributed by atoms with Crippen LogP contribution in [-0.2, 0) is 91.6 Å². The van der Waals surface area contributed by atoms with E-state index in [9.17, 15) is 16.8 Å². The molecule has 0 saturated heterocycles. The highest BCUT2D eigenvalue weighted by molar-refractivity contribution is 7.89. The van der Waals surface area contributed by atoms with Crippen LogP contribution in [0, 0.1) is 13.8 Å². The highest BCUT2D eigenvalue weighted by Gasteiger charge is 2.40. The third kappa shape index (κ3) is 9.04. The van der Waals surface area contributed by atoms with Gasteiger partial charge in [0.2, 0.25) is 20.0 Å². The van der Waals surface area contributed by atoms with E-state index in [0.29, 0.717) is 0 Å². The Morgan fingerprint density at radius 2 is 0.613 bits per heavy atom. The summed E-state index contributed by atoms with van der Waals surface area (Å²) in [6, 6.07) is 56.0. The number of aryl methyl sites for hydroxylation is 2. The van der Waals surface area contributed by atoms with Gasteiger partial charge in [-0.1, -0.05) is 157 Å². The molecule has 12 heteroatoms. The molecule has 2 aliphatic rings. The van der Waals surface area contributed by atoms with Crippen LogP contribution in [0.25, 0.3) is 76.8 Å². The largest absolute Gasteiger partial charge is 0.380 e. The monoisotopic (exact) mass is 1100 g/mol. The van der Waals surface area contributed by atoms with E-state index in [-0.39, 0.29) is 62.4 Å². The van der Waals surface area contributed by atoms with Gasteiger partial charge in [0.15, 0.2) is 0 Å². The minimum Gasteiger partial charge on any atom is -0.380 e. The van der Waals surface area contributed by atoms with Crippen LogP contribution in [0.15, 0.2) is 180 Å². The zero-order valence-corrected chi connectivity index (χ0v) is 47.4. The topological polar surface area (TPSA) is 112 Å². The molecule has 0 atom stereocenters. The molecule has 0 aliphatic carbocycles. The summed E-state index contributed by atoms with van der Waals surface area (Å²) in [7, 11) is -1.21. The fourth-order valence-corrected chi connectivity index (χ4v) is 15.4. The summed E-state index contributed by atoms with van der Waals surface area (Å²) in [4.78, 5) is 0.467. The molecule has 0 radical (unpaired) electrons. The minimum atomic E-state index is -3.99. The minimum absolute atomic E-state index is 0.117. The normalized spacial score (nSPS) is 13.9. The van der Waals surface area contributed by atoms with E-state index in [2.05, 4.69) is 84.9 Å². The molecule has 0 fully saturated rings. The first-order chi connectivity index (χ1) is 38.9. The molecule has 10 aromatic carbocycles. The summed E-state index contributed by atoms with van der Waals surface area (Å²) < 4.78 is 87.9. The van der Waals surface area contributed by atoms with Crippen LogP contribution in [0.5, 0.6) is 0 Å². The van der Waals surface area contributed by atoms with Gasteiger partial charge in [-0.25, -0.2) is 16.8 Å². The lowest BCUT2D eigenvalue weighted by Crippen LogP contribution is -2.25. The lowest BCUT2D eigenvalue weighted by molar-refractivity contribution is 0.169. The first kappa shape index (κ1) is 53.3. The average Bonchev–Trinajstić information content (AvgIpc) is 4.15. The van der Waals surface area contributed by atoms with Crippen molar-refractivity contribution in [2.45, 2.75) is 76.2 Å². The third-order valence-electron chi connectivity index (χ3n) is 16.3. The number of fused-ring (bicyclic) bond motifs is 5. The van der Waals surface area contributed by atoms with Crippen molar-refractivity contribution in [3.05, 3.63) is 225 Å². The molecule has 2 heterocycles. The Bertz CT molecular complexity index is 4020. The molecule has 0 aromatic heterocycles. The number of nitrogens with zero attached hydrogens (tertiary/aromatic N) is 2. The van der Waals surface area contributed by atoms with Gasteiger partial charge < -0.3 is 18.9 Å². The van der Waals surface area contributed by atoms with Crippen molar-refractivity contribution in [3.63, 3.8) is 0 Å². The second-order valence-corrected chi connectivity index (χ2v) is 24.9. The molecule has 404 valence electrons. The quantitative estimate of drug-likeness (QED) is 0.0940. The average molecular weight is 1100 g/mol. The van der Waals surface area contributed by atoms with Crippen molar-refractivity contribution in [2.75, 3.05) is 28.4 Å². The SMILES string of the molecule is COCc1c(COC)c(-c2ccc(-c3c(COC)c(COC)c(-c4cccc5ccccc45)c4c3CN(S(=O)(=O)c3ccc(C)cc3)C4)c3ccccc23)c2c(c1-c1cccc3ccccc13)CN(S(=O)(=O)c1ccc(C)cc1)C2. The lowest BCUT2D eigenvalue weighted by Gasteiger charge is -2.27. The molecular formula is C68H62N2O8S2. The lowest BCUT2D eigenvalue weighted by atomic mass is 9.78. The van der Waals surface area contributed by atoms with Gasteiger partial charge in [0.25, 0.3) is 0 Å². The Morgan fingerprint density at radius 3 is 0.925 bits per heavy atom. The number of hydrogen-bond donors (Lipinski definition) is 0. The third-order valence-corrected chi connectivity index (χ3v) is 19.9. The van der Waals surface area contributed by atoms with Crippen LogP contribution >= 0.6 is 0 Å². The smallest absolute Gasteiger partial charge is 0.243 e. The van der Waals surface area contributed by atoms with E-state index in [4.69, 9.17) is 18.9 Å². The van der Waals surface area contributed by atoms with Gasteiger partial charge in [0.1, 0.15) is 0 Å². The second kappa shape index (κ2) is 21.6. The number of ether oxygens (including phenoxy) is 4. The van der Waals surface area contributed by atoms with Crippen LogP contribution in [0.2, 0.25) is 0 Å². The van der Waals surface area contributed by atoms with Crippen LogP contribution in [0.3, 0.4) is 0 Å². The molecule has 0 N–H and O–H groups in total. The second-order valence-electron chi connectivity index (χ2n) is 21.0. The van der Waals surface area contributed by atoms with Crippen LogP contribution < -0.4 is 0 Å². The van der Waals surface area contributed by atoms with Crippen molar-refractivity contribution < 1.29 is 35.8 Å². The van der Waals surface area contributed by atoms with Crippen molar-refractivity contribution in [1.29, 1.82) is 0 Å². The molecule has 0 amide bonds. The predicted octanol–water partition coefficient (Wildman–Crippen LogP) is 14.4. The fourth-order valence-electron chi connectivity index (χ4n) is 12.6. The fraction of sp³-hybridized carbons (Fsp3) is 0.206. The number of hydrogen-bond acceptors (Lipinski definition) is 8. The molecule has 80 heavy (non-hydrogen) atoms. The van der Waals surface area contributed by atoms with Crippen molar-refractivity contribution in [1.82, 2.24) is 8.61 Å². The first-order valence-corrected chi connectivity index (χ1v) is 29.7. The van der Waals surface area contributed by atoms with E-state index >= 15 is 0 Å². The number of rotatable bonds is 16. The van der Waals surface area contributed by atoms with Gasteiger partial charge in [0.05, 0.1) is 36.2 Å². The maximum absolute atomic E-state index is 15.0. The number of sulfonamides is 2. The number of benzene rings is 10. The Labute approximate surface area is 468 Å². The van der Waals surface area contributed by atoms with Gasteiger partial charge in [0, 0.05) is 54.6 Å². The summed E-state index contributed by atoms with van der Waals surface area (Å²) in [5.74, 6) is 0. The van der Waals surface area contributed by atoms with Crippen LogP contribution in [-0.4, -0.2) is 53.9 Å². The standard InChI is InChI=1S/C68H62N2O8S2/c1-43-25-29-47(30-26-43)79(71,72)69-35-57-59(37-69)67(63(41-77-5)61(39-75-3)65(57)53-23-13-17-45-15-7-9-19-49(45)53)55-33-34-56(52-22-12-11-21-51(52)55)68-60-38-70(80(73,74)48-31-27-44(2)28-32-48)36-58(60)66(62(40-76-4)64(68)42-78-6)54-24-14-18-46-16-8-10-20-50(46)54/h7-34H,35-42H2,1-6H3. The maximum Gasteiger partial charge on any atom is 0.243 e. The Balaban J connectivity index is 1.15. The van der Waals surface area contributed by atoms with E-state index in [1.54, 1.807) is 61.3 Å². The molecular weight excluding hydrogens is 1040 g/mol. The molecule has 10 nitrogen and oxygen atoms in total. The summed E-state index contributed by atoms with van der Waals surface area (Å²) in [6.45, 7) is 5.30. The maximum atomic E-state index is 15.0. The Morgan fingerprint density at radius 1 is 0.338 bits per heavy atom. The molecule has 0 spiro atoms. The van der Waals surface area contributed by atoms with E-state index in [1.165, 1.54) is 0 Å². The van der Waals surface area contributed by atoms with Crippen LogP contribution in [0.1, 0.15) is 55.6 Å². The number of methoxy groups -OCH3 is 4. The molecule has 0 saturated carbocycles. The van der Waals surface area contributed by atoms with E-state index in [0.717, 1.165) is 132 Å². The van der Waals surface area contributed by atoms with Crippen molar-refractivity contribution in [2.24, 2.45) is 0 Å². The van der Waals surface area contributed by atoms with E-state index < -0.39 is 20.0 Å². The molecule has 0 bridgehead atoms. The molecule has 10 aromatic rings. The van der Waals surface area contributed by atoms with Gasteiger partial charge in [-0.2, -0.15) is 8.61 Å². The zero-order chi connectivity index (χ0) is 55.5.